The summed E-state index contributed by atoms with van der Waals surface area (Å²) in [5, 5.41) is 20.7. The molecule has 18 heavy (non-hydrogen) atoms. The topological polar surface area (TPSA) is 105 Å². The zero-order chi connectivity index (χ0) is 13.4. The number of aromatic amines is 1. The number of fused-ring (bicyclic) bond motifs is 1. The number of nitrogens with zero attached hydrogens (tertiary/aromatic N) is 1. The van der Waals surface area contributed by atoms with Crippen LogP contribution in [-0.4, -0.2) is 22.1 Å². The van der Waals surface area contributed by atoms with E-state index in [1.165, 1.54) is 19.2 Å². The molecule has 7 nitrogen and oxygen atoms in total. The van der Waals surface area contributed by atoms with Crippen LogP contribution in [0.15, 0.2) is 16.9 Å². The molecule has 0 aliphatic heterocycles. The second kappa shape index (κ2) is 4.19. The molecule has 2 aromatic rings. The average Bonchev–Trinajstić information content (AvgIpc) is 2.27. The normalized spacial score (nSPS) is 10.6. The van der Waals surface area contributed by atoms with Gasteiger partial charge in [0.05, 0.1) is 28.0 Å². The number of aromatic nitrogens is 1. The molecule has 2 rings (SSSR count). The van der Waals surface area contributed by atoms with Crippen LogP contribution in [0, 0.1) is 10.1 Å². The maximum absolute atomic E-state index is 11.4. The van der Waals surface area contributed by atoms with Crippen LogP contribution >= 0.6 is 11.6 Å². The van der Waals surface area contributed by atoms with Crippen LogP contribution in [0.5, 0.6) is 11.5 Å². The van der Waals surface area contributed by atoms with Crippen molar-refractivity contribution in [2.24, 2.45) is 0 Å². The van der Waals surface area contributed by atoms with E-state index in [1.807, 2.05) is 0 Å². The molecule has 8 heteroatoms. The second-order valence-electron chi connectivity index (χ2n) is 3.44. The molecule has 1 heterocycles. The minimum atomic E-state index is -0.994. The Hall–Kier alpha value is -2.28. The van der Waals surface area contributed by atoms with E-state index < -0.39 is 21.9 Å². The van der Waals surface area contributed by atoms with Crippen molar-refractivity contribution in [3.05, 3.63) is 37.6 Å². The molecule has 0 spiro atoms. The first-order valence-electron chi connectivity index (χ1n) is 4.72. The van der Waals surface area contributed by atoms with Gasteiger partial charge in [-0.1, -0.05) is 11.6 Å². The van der Waals surface area contributed by atoms with E-state index in [-0.39, 0.29) is 21.7 Å². The van der Waals surface area contributed by atoms with Gasteiger partial charge >= 0.3 is 11.2 Å². The van der Waals surface area contributed by atoms with Crippen LogP contribution in [0.4, 0.5) is 5.69 Å². The molecular formula is C10H7ClN2O5. The standard InChI is InChI=1S/C10H7ClN2O5/c1-18-7-2-4-6(3-5(7)11)12-10(15)8(9(4)14)13(16)17/h2-3H,1H3,(H2,12,14,15). The van der Waals surface area contributed by atoms with E-state index in [0.29, 0.717) is 0 Å². The van der Waals surface area contributed by atoms with Crippen molar-refractivity contribution >= 4 is 28.2 Å². The Morgan fingerprint density at radius 3 is 2.72 bits per heavy atom. The first-order chi connectivity index (χ1) is 8.45. The van der Waals surface area contributed by atoms with E-state index in [4.69, 9.17) is 16.3 Å². The van der Waals surface area contributed by atoms with Gasteiger partial charge in [0, 0.05) is 0 Å². The van der Waals surface area contributed by atoms with E-state index >= 15 is 0 Å². The molecule has 1 aromatic heterocycles. The van der Waals surface area contributed by atoms with Gasteiger partial charge in [-0.3, -0.25) is 14.9 Å². The van der Waals surface area contributed by atoms with Crippen molar-refractivity contribution in [3.8, 4) is 11.5 Å². The molecule has 0 bridgehead atoms. The maximum Gasteiger partial charge on any atom is 0.375 e. The molecule has 94 valence electrons. The highest BCUT2D eigenvalue weighted by Gasteiger charge is 2.23. The summed E-state index contributed by atoms with van der Waals surface area (Å²) in [7, 11) is 1.37. The van der Waals surface area contributed by atoms with Crippen LogP contribution in [-0.2, 0) is 0 Å². The molecule has 1 aromatic carbocycles. The van der Waals surface area contributed by atoms with Gasteiger partial charge in [-0.15, -0.1) is 0 Å². The number of aromatic hydroxyl groups is 1. The molecule has 0 fully saturated rings. The van der Waals surface area contributed by atoms with Crippen LogP contribution < -0.4 is 10.3 Å². The van der Waals surface area contributed by atoms with Crippen LogP contribution in [0.3, 0.4) is 0 Å². The van der Waals surface area contributed by atoms with E-state index in [9.17, 15) is 20.0 Å². The monoisotopic (exact) mass is 270 g/mol. The Balaban J connectivity index is 2.93. The third-order valence-corrected chi connectivity index (χ3v) is 2.71. The van der Waals surface area contributed by atoms with Crippen molar-refractivity contribution in [1.82, 2.24) is 4.98 Å². The van der Waals surface area contributed by atoms with Gasteiger partial charge in [0.25, 0.3) is 0 Å². The van der Waals surface area contributed by atoms with Gasteiger partial charge in [0.15, 0.2) is 0 Å². The van der Waals surface area contributed by atoms with Crippen LogP contribution in [0.25, 0.3) is 10.9 Å². The number of nitro groups is 1. The number of halogens is 1. The molecule has 0 unspecified atom stereocenters. The quantitative estimate of drug-likeness (QED) is 0.639. The molecule has 2 N–H and O–H groups in total. The van der Waals surface area contributed by atoms with Crippen molar-refractivity contribution in [2.45, 2.75) is 0 Å². The van der Waals surface area contributed by atoms with E-state index in [1.54, 1.807) is 0 Å². The minimum Gasteiger partial charge on any atom is -0.501 e. The predicted molar refractivity (Wildman–Crippen MR) is 64.4 cm³/mol. The molecule has 0 amide bonds. The Morgan fingerprint density at radius 1 is 1.50 bits per heavy atom. The Morgan fingerprint density at radius 2 is 2.17 bits per heavy atom. The van der Waals surface area contributed by atoms with Crippen LogP contribution in [0.1, 0.15) is 0 Å². The summed E-state index contributed by atoms with van der Waals surface area (Å²) in [5.41, 5.74) is -1.72. The van der Waals surface area contributed by atoms with Gasteiger partial charge in [-0.05, 0) is 12.1 Å². The molecule has 0 saturated carbocycles. The highest BCUT2D eigenvalue weighted by atomic mass is 35.5. The Bertz CT molecular complexity index is 709. The predicted octanol–water partition coefficient (Wildman–Crippen LogP) is 1.80. The summed E-state index contributed by atoms with van der Waals surface area (Å²) in [6, 6.07) is 2.66. The smallest absolute Gasteiger partial charge is 0.375 e. The summed E-state index contributed by atoms with van der Waals surface area (Å²) in [6.07, 6.45) is 0. The van der Waals surface area contributed by atoms with E-state index in [2.05, 4.69) is 4.98 Å². The van der Waals surface area contributed by atoms with Gasteiger partial charge < -0.3 is 14.8 Å². The zero-order valence-electron chi connectivity index (χ0n) is 9.06. The third-order valence-electron chi connectivity index (χ3n) is 2.42. The number of pyridine rings is 1. The lowest BCUT2D eigenvalue weighted by Crippen LogP contribution is -2.11. The summed E-state index contributed by atoms with van der Waals surface area (Å²) in [6.45, 7) is 0. The fourth-order valence-electron chi connectivity index (χ4n) is 1.60. The highest BCUT2D eigenvalue weighted by molar-refractivity contribution is 6.32. The first kappa shape index (κ1) is 12.2. The van der Waals surface area contributed by atoms with Gasteiger partial charge in [0.2, 0.25) is 5.75 Å². The number of hydrogen-bond acceptors (Lipinski definition) is 5. The fourth-order valence-corrected chi connectivity index (χ4v) is 1.84. The number of nitrogens with one attached hydrogen (secondary N) is 1. The number of rotatable bonds is 2. The number of benzene rings is 1. The fraction of sp³-hybridized carbons (Fsp3) is 0.100. The molecular weight excluding hydrogens is 264 g/mol. The molecule has 0 aliphatic carbocycles. The van der Waals surface area contributed by atoms with Crippen molar-refractivity contribution in [1.29, 1.82) is 0 Å². The lowest BCUT2D eigenvalue weighted by atomic mass is 10.1. The average molecular weight is 271 g/mol. The van der Waals surface area contributed by atoms with Crippen molar-refractivity contribution < 1.29 is 14.8 Å². The number of ether oxygens (including phenoxy) is 1. The first-order valence-corrected chi connectivity index (χ1v) is 5.10. The number of methoxy groups -OCH3 is 1. The molecule has 0 atom stereocenters. The largest absolute Gasteiger partial charge is 0.501 e. The lowest BCUT2D eigenvalue weighted by molar-refractivity contribution is -0.387. The molecule has 0 saturated heterocycles. The summed E-state index contributed by atoms with van der Waals surface area (Å²) in [4.78, 5) is 23.4. The summed E-state index contributed by atoms with van der Waals surface area (Å²) < 4.78 is 4.93. The number of H-pyrrole nitrogens is 1. The van der Waals surface area contributed by atoms with Gasteiger partial charge in [0.1, 0.15) is 5.75 Å². The molecule has 0 aliphatic rings. The Labute approximate surface area is 105 Å². The highest BCUT2D eigenvalue weighted by Crippen LogP contribution is 2.35. The minimum absolute atomic E-state index is 0.0857. The molecule has 0 radical (unpaired) electrons. The number of hydrogen-bond donors (Lipinski definition) is 2. The second-order valence-corrected chi connectivity index (χ2v) is 3.85. The van der Waals surface area contributed by atoms with Crippen LogP contribution in [0.2, 0.25) is 5.02 Å². The SMILES string of the molecule is COc1cc2c(O)c([N+](=O)[O-])c(=O)[nH]c2cc1Cl. The lowest BCUT2D eigenvalue weighted by Gasteiger charge is -2.06. The van der Waals surface area contributed by atoms with Crippen molar-refractivity contribution in [3.63, 3.8) is 0 Å². The van der Waals surface area contributed by atoms with Gasteiger partial charge in [-0.25, -0.2) is 0 Å². The van der Waals surface area contributed by atoms with Gasteiger partial charge in [-0.2, -0.15) is 0 Å². The van der Waals surface area contributed by atoms with E-state index in [0.717, 1.165) is 0 Å². The Kier molecular flexibility index (Phi) is 2.84. The third kappa shape index (κ3) is 1.74. The van der Waals surface area contributed by atoms with Crippen molar-refractivity contribution in [2.75, 3.05) is 7.11 Å². The summed E-state index contributed by atoms with van der Waals surface area (Å²) in [5.74, 6) is -0.477. The maximum atomic E-state index is 11.4. The summed E-state index contributed by atoms with van der Waals surface area (Å²) >= 11 is 5.85. The zero-order valence-corrected chi connectivity index (χ0v) is 9.82.